The largest absolute Gasteiger partial charge is 0.492 e. The third-order valence-corrected chi connectivity index (χ3v) is 5.32. The van der Waals surface area contributed by atoms with Gasteiger partial charge >= 0.3 is 0 Å². The molecule has 2 aromatic carbocycles. The number of amides is 1. The lowest BCUT2D eigenvalue weighted by Crippen LogP contribution is -2.16. The van der Waals surface area contributed by atoms with Crippen molar-refractivity contribution in [3.8, 4) is 11.5 Å². The van der Waals surface area contributed by atoms with Crippen molar-refractivity contribution in [3.63, 3.8) is 0 Å². The van der Waals surface area contributed by atoms with E-state index in [0.717, 1.165) is 36.1 Å². The first-order valence-corrected chi connectivity index (χ1v) is 10.9. The SMILES string of the molecule is CC(C)CCOc1ccc(C(=O)Nc2cccc(OCC3CCCO3)c2)cc1Br. The second-order valence-electron chi connectivity index (χ2n) is 7.60. The Bertz CT molecular complexity index is 818. The fourth-order valence-corrected chi connectivity index (χ4v) is 3.49. The van der Waals surface area contributed by atoms with Crippen molar-refractivity contribution in [2.75, 3.05) is 25.1 Å². The zero-order valence-electron chi connectivity index (χ0n) is 16.9. The van der Waals surface area contributed by atoms with Crippen LogP contribution in [0.15, 0.2) is 46.9 Å². The van der Waals surface area contributed by atoms with E-state index in [1.54, 1.807) is 12.1 Å². The molecule has 0 saturated carbocycles. The first-order chi connectivity index (χ1) is 14.0. The van der Waals surface area contributed by atoms with Crippen molar-refractivity contribution in [2.24, 2.45) is 5.92 Å². The highest BCUT2D eigenvalue weighted by Crippen LogP contribution is 2.27. The molecule has 1 atom stereocenters. The molecule has 3 rings (SSSR count). The van der Waals surface area contributed by atoms with Crippen LogP contribution >= 0.6 is 15.9 Å². The molecule has 1 fully saturated rings. The lowest BCUT2D eigenvalue weighted by Gasteiger charge is -2.13. The van der Waals surface area contributed by atoms with Gasteiger partial charge in [-0.2, -0.15) is 0 Å². The summed E-state index contributed by atoms with van der Waals surface area (Å²) >= 11 is 3.50. The van der Waals surface area contributed by atoms with Gasteiger partial charge in [0.15, 0.2) is 0 Å². The molecule has 1 saturated heterocycles. The second kappa shape index (κ2) is 10.6. The number of anilines is 1. The van der Waals surface area contributed by atoms with Crippen LogP contribution in [0.3, 0.4) is 0 Å². The van der Waals surface area contributed by atoms with Crippen molar-refractivity contribution < 1.29 is 19.0 Å². The summed E-state index contributed by atoms with van der Waals surface area (Å²) in [4.78, 5) is 12.6. The fourth-order valence-electron chi connectivity index (χ4n) is 3.00. The zero-order valence-corrected chi connectivity index (χ0v) is 18.5. The van der Waals surface area contributed by atoms with E-state index in [2.05, 4.69) is 35.1 Å². The van der Waals surface area contributed by atoms with E-state index in [9.17, 15) is 4.79 Å². The molecule has 1 unspecified atom stereocenters. The molecule has 156 valence electrons. The third kappa shape index (κ3) is 6.75. The maximum Gasteiger partial charge on any atom is 0.255 e. The number of halogens is 1. The van der Waals surface area contributed by atoms with Crippen molar-refractivity contribution in [2.45, 2.75) is 39.2 Å². The molecule has 29 heavy (non-hydrogen) atoms. The molecule has 6 heteroatoms. The Labute approximate surface area is 180 Å². The lowest BCUT2D eigenvalue weighted by molar-refractivity contribution is 0.0680. The maximum atomic E-state index is 12.6. The van der Waals surface area contributed by atoms with Gasteiger partial charge in [-0.15, -0.1) is 0 Å². The molecule has 1 N–H and O–H groups in total. The van der Waals surface area contributed by atoms with E-state index in [1.165, 1.54) is 0 Å². The molecule has 0 spiro atoms. The molecule has 0 aliphatic carbocycles. The molecule has 1 aliphatic rings. The summed E-state index contributed by atoms with van der Waals surface area (Å²) in [6.07, 6.45) is 3.26. The molecule has 2 aromatic rings. The Morgan fingerprint density at radius 2 is 2.10 bits per heavy atom. The molecular weight excluding hydrogens is 434 g/mol. The standard InChI is InChI=1S/C23H28BrNO4/c1-16(2)10-12-28-22-9-8-17(13-21(22)24)23(26)25-18-5-3-6-19(14-18)29-15-20-7-4-11-27-20/h3,5-6,8-9,13-14,16,20H,4,7,10-12,15H2,1-2H3,(H,25,26). The van der Waals surface area contributed by atoms with Crippen LogP contribution in [0.4, 0.5) is 5.69 Å². The summed E-state index contributed by atoms with van der Waals surface area (Å²) in [7, 11) is 0. The highest BCUT2D eigenvalue weighted by molar-refractivity contribution is 9.10. The topological polar surface area (TPSA) is 56.8 Å². The minimum atomic E-state index is -0.185. The van der Waals surface area contributed by atoms with Gasteiger partial charge in [0.1, 0.15) is 18.1 Å². The Kier molecular flexibility index (Phi) is 7.95. The number of carbonyl (C=O) groups is 1. The monoisotopic (exact) mass is 461 g/mol. The maximum absolute atomic E-state index is 12.6. The predicted octanol–water partition coefficient (Wildman–Crippen LogP) is 5.68. The van der Waals surface area contributed by atoms with E-state index < -0.39 is 0 Å². The lowest BCUT2D eigenvalue weighted by atomic mass is 10.1. The van der Waals surface area contributed by atoms with Gasteiger partial charge in [-0.3, -0.25) is 4.79 Å². The van der Waals surface area contributed by atoms with Crippen LogP contribution in [0.2, 0.25) is 0 Å². The van der Waals surface area contributed by atoms with Gasteiger partial charge in [0, 0.05) is 23.9 Å². The van der Waals surface area contributed by atoms with Crippen LogP contribution in [0.1, 0.15) is 43.5 Å². The summed E-state index contributed by atoms with van der Waals surface area (Å²) < 4.78 is 17.9. The van der Waals surface area contributed by atoms with Gasteiger partial charge in [0.05, 0.1) is 17.2 Å². The Balaban J connectivity index is 1.56. The van der Waals surface area contributed by atoms with Gasteiger partial charge in [-0.05, 0) is 71.4 Å². The van der Waals surface area contributed by atoms with Gasteiger partial charge in [0.2, 0.25) is 0 Å². The first kappa shape index (κ1) is 21.7. The van der Waals surface area contributed by atoms with E-state index in [-0.39, 0.29) is 12.0 Å². The van der Waals surface area contributed by atoms with Gasteiger partial charge in [0.25, 0.3) is 5.91 Å². The minimum absolute atomic E-state index is 0.159. The molecule has 0 bridgehead atoms. The average molecular weight is 462 g/mol. The molecule has 0 aromatic heterocycles. The van der Waals surface area contributed by atoms with Crippen LogP contribution in [0.25, 0.3) is 0 Å². The first-order valence-electron chi connectivity index (χ1n) is 10.1. The van der Waals surface area contributed by atoms with Crippen LogP contribution in [-0.2, 0) is 4.74 Å². The van der Waals surface area contributed by atoms with Crippen LogP contribution in [0, 0.1) is 5.92 Å². The molecule has 5 nitrogen and oxygen atoms in total. The number of carbonyl (C=O) groups excluding carboxylic acids is 1. The van der Waals surface area contributed by atoms with Gasteiger partial charge in [-0.25, -0.2) is 0 Å². The summed E-state index contributed by atoms with van der Waals surface area (Å²) in [6, 6.07) is 12.8. The average Bonchev–Trinajstić information content (AvgIpc) is 3.21. The highest BCUT2D eigenvalue weighted by Gasteiger charge is 2.16. The normalized spacial score (nSPS) is 16.1. The van der Waals surface area contributed by atoms with Gasteiger partial charge in [-0.1, -0.05) is 19.9 Å². The van der Waals surface area contributed by atoms with E-state index >= 15 is 0 Å². The molecule has 1 aliphatic heterocycles. The Hall–Kier alpha value is -2.05. The molecular formula is C23H28BrNO4. The predicted molar refractivity (Wildman–Crippen MR) is 118 cm³/mol. The zero-order chi connectivity index (χ0) is 20.6. The summed E-state index contributed by atoms with van der Waals surface area (Å²) in [5.74, 6) is 1.86. The number of ether oxygens (including phenoxy) is 3. The number of hydrogen-bond acceptors (Lipinski definition) is 4. The smallest absolute Gasteiger partial charge is 0.255 e. The number of hydrogen-bond donors (Lipinski definition) is 1. The van der Waals surface area contributed by atoms with Crippen LogP contribution < -0.4 is 14.8 Å². The Morgan fingerprint density at radius 1 is 1.24 bits per heavy atom. The number of benzene rings is 2. The summed E-state index contributed by atoms with van der Waals surface area (Å²) in [6.45, 7) is 6.31. The quantitative estimate of drug-likeness (QED) is 0.521. The van der Waals surface area contributed by atoms with Crippen molar-refractivity contribution in [1.29, 1.82) is 0 Å². The van der Waals surface area contributed by atoms with Crippen molar-refractivity contribution in [3.05, 3.63) is 52.5 Å². The Morgan fingerprint density at radius 3 is 2.83 bits per heavy atom. The minimum Gasteiger partial charge on any atom is -0.492 e. The number of nitrogens with one attached hydrogen (secondary N) is 1. The van der Waals surface area contributed by atoms with E-state index in [0.29, 0.717) is 36.1 Å². The van der Waals surface area contributed by atoms with Gasteiger partial charge < -0.3 is 19.5 Å². The van der Waals surface area contributed by atoms with Crippen LogP contribution in [0.5, 0.6) is 11.5 Å². The summed E-state index contributed by atoms with van der Waals surface area (Å²) in [5, 5.41) is 2.92. The molecule has 0 radical (unpaired) electrons. The van der Waals surface area contributed by atoms with Crippen LogP contribution in [-0.4, -0.2) is 31.8 Å². The molecule has 1 amide bonds. The van der Waals surface area contributed by atoms with Crippen molar-refractivity contribution >= 4 is 27.5 Å². The van der Waals surface area contributed by atoms with E-state index in [1.807, 2.05) is 30.3 Å². The summed E-state index contributed by atoms with van der Waals surface area (Å²) in [5.41, 5.74) is 1.24. The third-order valence-electron chi connectivity index (χ3n) is 4.70. The number of rotatable bonds is 9. The molecule has 1 heterocycles. The second-order valence-corrected chi connectivity index (χ2v) is 8.46. The van der Waals surface area contributed by atoms with E-state index in [4.69, 9.17) is 14.2 Å². The fraction of sp³-hybridized carbons (Fsp3) is 0.435. The highest BCUT2D eigenvalue weighted by atomic mass is 79.9. The van der Waals surface area contributed by atoms with Crippen molar-refractivity contribution in [1.82, 2.24) is 0 Å².